The zero-order chi connectivity index (χ0) is 7.98. The fourth-order valence-electron chi connectivity index (χ4n) is 0.355. The Labute approximate surface area is 61.9 Å². The van der Waals surface area contributed by atoms with E-state index >= 15 is 0 Å². The topological polar surface area (TPSA) is 26.3 Å². The molecule has 0 fully saturated rings. The molecule has 0 saturated heterocycles. The van der Waals surface area contributed by atoms with Crippen LogP contribution in [0, 0.1) is 6.92 Å². The van der Waals surface area contributed by atoms with Gasteiger partial charge in [-0.1, -0.05) is 13.0 Å². The van der Waals surface area contributed by atoms with Crippen LogP contribution in [-0.2, 0) is 9.53 Å². The number of esters is 1. The van der Waals surface area contributed by atoms with Gasteiger partial charge in [-0.2, -0.15) is 0 Å². The molecule has 57 valence electrons. The van der Waals surface area contributed by atoms with Crippen molar-refractivity contribution in [3.63, 3.8) is 0 Å². The minimum atomic E-state index is -0.166. The fourth-order valence-corrected chi connectivity index (χ4v) is 0.355. The van der Waals surface area contributed by atoms with Gasteiger partial charge in [0.15, 0.2) is 0 Å². The highest BCUT2D eigenvalue weighted by Crippen LogP contribution is 1.93. The summed E-state index contributed by atoms with van der Waals surface area (Å²) in [5.41, 5.74) is 0.974. The van der Waals surface area contributed by atoms with Crippen LogP contribution in [0.4, 0.5) is 0 Å². The van der Waals surface area contributed by atoms with Crippen LogP contribution in [0.15, 0.2) is 11.6 Å². The summed E-state index contributed by atoms with van der Waals surface area (Å²) >= 11 is 0. The molecule has 0 spiro atoms. The minimum Gasteiger partial charge on any atom is -0.461 e. The van der Waals surface area contributed by atoms with E-state index in [1.165, 1.54) is 0 Å². The number of rotatable bonds is 3. The zero-order valence-corrected chi connectivity index (χ0v) is 6.52. The lowest BCUT2D eigenvalue weighted by Crippen LogP contribution is -2.04. The first-order valence-corrected chi connectivity index (χ1v) is 3.31. The van der Waals surface area contributed by atoms with E-state index in [9.17, 15) is 4.79 Å². The Morgan fingerprint density at radius 2 is 2.30 bits per heavy atom. The molecule has 0 heterocycles. The van der Waals surface area contributed by atoms with Gasteiger partial charge in [-0.15, -0.1) is 0 Å². The second-order valence-electron chi connectivity index (χ2n) is 2.06. The molecule has 0 aliphatic carbocycles. The lowest BCUT2D eigenvalue weighted by Gasteiger charge is -2.01. The third-order valence-corrected chi connectivity index (χ3v) is 1.10. The molecule has 2 nitrogen and oxygen atoms in total. The van der Waals surface area contributed by atoms with Crippen LogP contribution in [0.2, 0.25) is 0 Å². The van der Waals surface area contributed by atoms with E-state index in [0.717, 1.165) is 5.57 Å². The first-order chi connectivity index (χ1) is 4.70. The standard InChI is InChI=1S/C8H13O2/c1-4-7(3)6-10-8(9)5-2/h4H,1,5-6H2,2-3H3. The molecule has 0 rings (SSSR count). The Balaban J connectivity index is 3.45. The van der Waals surface area contributed by atoms with Gasteiger partial charge in [0.25, 0.3) is 0 Å². The van der Waals surface area contributed by atoms with E-state index in [1.807, 2.05) is 6.92 Å². The SMILES string of the molecule is [CH2]C=C(C)COC(=O)CC. The Morgan fingerprint density at radius 3 is 2.70 bits per heavy atom. The Morgan fingerprint density at radius 1 is 1.70 bits per heavy atom. The molecule has 0 aromatic heterocycles. The Bertz CT molecular complexity index is 136. The molecule has 0 unspecified atom stereocenters. The van der Waals surface area contributed by atoms with E-state index in [-0.39, 0.29) is 5.97 Å². The molecule has 0 aromatic rings. The highest BCUT2D eigenvalue weighted by atomic mass is 16.5. The van der Waals surface area contributed by atoms with Gasteiger partial charge >= 0.3 is 5.97 Å². The van der Waals surface area contributed by atoms with Crippen molar-refractivity contribution in [2.24, 2.45) is 0 Å². The summed E-state index contributed by atoms with van der Waals surface area (Å²) in [4.78, 5) is 10.6. The predicted molar refractivity (Wildman–Crippen MR) is 40.4 cm³/mol. The molecule has 2 heteroatoms. The first-order valence-electron chi connectivity index (χ1n) is 3.31. The van der Waals surface area contributed by atoms with Crippen LogP contribution in [0.1, 0.15) is 20.3 Å². The summed E-state index contributed by atoms with van der Waals surface area (Å²) in [6, 6.07) is 0. The second-order valence-corrected chi connectivity index (χ2v) is 2.06. The molecule has 0 N–H and O–H groups in total. The maximum atomic E-state index is 10.6. The van der Waals surface area contributed by atoms with Crippen molar-refractivity contribution in [2.45, 2.75) is 20.3 Å². The van der Waals surface area contributed by atoms with Crippen LogP contribution in [0.5, 0.6) is 0 Å². The largest absolute Gasteiger partial charge is 0.461 e. The average molecular weight is 141 g/mol. The Hall–Kier alpha value is -0.790. The molecular weight excluding hydrogens is 128 g/mol. The second kappa shape index (κ2) is 5.03. The first kappa shape index (κ1) is 9.21. The van der Waals surface area contributed by atoms with Gasteiger partial charge in [0, 0.05) is 6.42 Å². The molecule has 0 amide bonds. The van der Waals surface area contributed by atoms with Crippen LogP contribution >= 0.6 is 0 Å². The molecule has 10 heavy (non-hydrogen) atoms. The number of hydrogen-bond donors (Lipinski definition) is 0. The highest BCUT2D eigenvalue weighted by Gasteiger charge is 1.96. The number of carbonyl (C=O) groups excluding carboxylic acids is 1. The average Bonchev–Trinajstić information content (AvgIpc) is 1.99. The van der Waals surface area contributed by atoms with Crippen molar-refractivity contribution in [1.82, 2.24) is 0 Å². The molecule has 0 atom stereocenters. The van der Waals surface area contributed by atoms with Gasteiger partial charge < -0.3 is 4.74 Å². The lowest BCUT2D eigenvalue weighted by atomic mass is 10.3. The zero-order valence-electron chi connectivity index (χ0n) is 6.52. The molecule has 0 aliphatic rings. The van der Waals surface area contributed by atoms with Gasteiger partial charge in [-0.05, 0) is 19.4 Å². The third-order valence-electron chi connectivity index (χ3n) is 1.10. The molecule has 0 saturated carbocycles. The number of carbonyl (C=O) groups is 1. The summed E-state index contributed by atoms with van der Waals surface area (Å²) in [7, 11) is 0. The van der Waals surface area contributed by atoms with E-state index in [4.69, 9.17) is 4.74 Å². The van der Waals surface area contributed by atoms with E-state index < -0.39 is 0 Å². The van der Waals surface area contributed by atoms with Crippen molar-refractivity contribution in [2.75, 3.05) is 6.61 Å². The fraction of sp³-hybridized carbons (Fsp3) is 0.500. The monoisotopic (exact) mass is 141 g/mol. The summed E-state index contributed by atoms with van der Waals surface area (Å²) in [6.45, 7) is 7.55. The van der Waals surface area contributed by atoms with Crippen molar-refractivity contribution >= 4 is 5.97 Å². The normalized spacial score (nSPS) is 11.3. The summed E-state index contributed by atoms with van der Waals surface area (Å²) in [6.07, 6.45) is 2.12. The summed E-state index contributed by atoms with van der Waals surface area (Å²) in [5.74, 6) is -0.166. The van der Waals surface area contributed by atoms with Gasteiger partial charge in [-0.25, -0.2) is 0 Å². The van der Waals surface area contributed by atoms with Gasteiger partial charge in [0.05, 0.1) is 0 Å². The maximum absolute atomic E-state index is 10.6. The van der Waals surface area contributed by atoms with Gasteiger partial charge in [-0.3, -0.25) is 4.79 Å². The minimum absolute atomic E-state index is 0.166. The molecule has 0 bridgehead atoms. The molecule has 0 aromatic carbocycles. The highest BCUT2D eigenvalue weighted by molar-refractivity contribution is 5.69. The van der Waals surface area contributed by atoms with Crippen LogP contribution in [0.3, 0.4) is 0 Å². The number of hydrogen-bond acceptors (Lipinski definition) is 2. The van der Waals surface area contributed by atoms with Crippen molar-refractivity contribution in [1.29, 1.82) is 0 Å². The quantitative estimate of drug-likeness (QED) is 0.559. The van der Waals surface area contributed by atoms with Crippen molar-refractivity contribution < 1.29 is 9.53 Å². The lowest BCUT2D eigenvalue weighted by molar-refractivity contribution is -0.142. The van der Waals surface area contributed by atoms with E-state index in [1.54, 1.807) is 13.0 Å². The van der Waals surface area contributed by atoms with Crippen molar-refractivity contribution in [3.8, 4) is 0 Å². The number of allylic oxidation sites excluding steroid dienone is 1. The van der Waals surface area contributed by atoms with E-state index in [0.29, 0.717) is 13.0 Å². The van der Waals surface area contributed by atoms with E-state index in [2.05, 4.69) is 6.92 Å². The van der Waals surface area contributed by atoms with Crippen LogP contribution in [0.25, 0.3) is 0 Å². The predicted octanol–water partition coefficient (Wildman–Crippen LogP) is 1.72. The molecule has 1 radical (unpaired) electrons. The summed E-state index contributed by atoms with van der Waals surface area (Å²) < 4.78 is 4.80. The molecule has 0 aliphatic heterocycles. The third kappa shape index (κ3) is 4.13. The smallest absolute Gasteiger partial charge is 0.305 e. The number of ether oxygens (including phenoxy) is 1. The van der Waals surface area contributed by atoms with Crippen LogP contribution < -0.4 is 0 Å². The molecular formula is C8H13O2. The van der Waals surface area contributed by atoms with Crippen LogP contribution in [-0.4, -0.2) is 12.6 Å². The van der Waals surface area contributed by atoms with Gasteiger partial charge in [0.1, 0.15) is 6.61 Å². The maximum Gasteiger partial charge on any atom is 0.305 e. The Kier molecular flexibility index (Phi) is 4.63. The summed E-state index contributed by atoms with van der Waals surface area (Å²) in [5, 5.41) is 0. The van der Waals surface area contributed by atoms with Gasteiger partial charge in [0.2, 0.25) is 0 Å². The van der Waals surface area contributed by atoms with Crippen molar-refractivity contribution in [3.05, 3.63) is 18.6 Å².